The Morgan fingerprint density at radius 3 is 2.48 bits per heavy atom. The number of carbonyl (C=O) groups excluding carboxylic acids is 1. The number of rotatable bonds is 5. The van der Waals surface area contributed by atoms with Gasteiger partial charge in [-0.25, -0.2) is 0 Å². The van der Waals surface area contributed by atoms with E-state index in [2.05, 4.69) is 6.58 Å². The van der Waals surface area contributed by atoms with E-state index < -0.39 is 0 Å². The summed E-state index contributed by atoms with van der Waals surface area (Å²) in [6, 6.07) is 14.5. The third-order valence-electron chi connectivity index (χ3n) is 3.42. The van der Waals surface area contributed by atoms with E-state index in [4.69, 9.17) is 28.6 Å². The zero-order valence-corrected chi connectivity index (χ0v) is 15.5. The van der Waals surface area contributed by atoms with Gasteiger partial charge in [0.1, 0.15) is 12.4 Å². The van der Waals surface area contributed by atoms with Crippen LogP contribution in [0.25, 0.3) is 6.08 Å². The number of amides is 1. The van der Waals surface area contributed by atoms with Crippen molar-refractivity contribution in [3.8, 4) is 5.75 Å². The molecule has 0 radical (unpaired) electrons. The minimum absolute atomic E-state index is 0.135. The Kier molecular flexibility index (Phi) is 5.58. The van der Waals surface area contributed by atoms with Gasteiger partial charge in [0.05, 0.1) is 10.6 Å². The number of benzene rings is 2. The standard InChI is InChI=1S/C19H14ClNO2S2/c1-2-11-23-16-9-3-13(4-10-16)12-17-18(22)21(19(24)25-17)15-7-5-14(20)6-8-15/h2-10,12H,1,11H2/b17-12-. The van der Waals surface area contributed by atoms with Crippen LogP contribution in [0.4, 0.5) is 5.69 Å². The van der Waals surface area contributed by atoms with Gasteiger partial charge in [0.15, 0.2) is 4.32 Å². The highest BCUT2D eigenvalue weighted by Gasteiger charge is 2.33. The van der Waals surface area contributed by atoms with E-state index >= 15 is 0 Å². The first-order valence-corrected chi connectivity index (χ1v) is 9.06. The molecule has 1 amide bonds. The number of nitrogens with zero attached hydrogens (tertiary/aromatic N) is 1. The third-order valence-corrected chi connectivity index (χ3v) is 4.98. The van der Waals surface area contributed by atoms with E-state index in [0.29, 0.717) is 26.5 Å². The van der Waals surface area contributed by atoms with Gasteiger partial charge in [-0.3, -0.25) is 9.69 Å². The summed E-state index contributed by atoms with van der Waals surface area (Å²) >= 11 is 12.5. The van der Waals surface area contributed by atoms with E-state index in [1.807, 2.05) is 30.3 Å². The summed E-state index contributed by atoms with van der Waals surface area (Å²) in [6.07, 6.45) is 3.52. The second-order valence-corrected chi connectivity index (χ2v) is 7.27. The van der Waals surface area contributed by atoms with Crippen molar-refractivity contribution in [3.63, 3.8) is 0 Å². The molecule has 3 nitrogen and oxygen atoms in total. The SMILES string of the molecule is C=CCOc1ccc(/C=C2\SC(=S)N(c3ccc(Cl)cc3)C2=O)cc1. The number of halogens is 1. The van der Waals surface area contributed by atoms with E-state index in [-0.39, 0.29) is 5.91 Å². The predicted molar refractivity (Wildman–Crippen MR) is 109 cm³/mol. The van der Waals surface area contributed by atoms with Crippen molar-refractivity contribution in [1.82, 2.24) is 0 Å². The van der Waals surface area contributed by atoms with Crippen LogP contribution >= 0.6 is 35.6 Å². The van der Waals surface area contributed by atoms with Gasteiger partial charge in [0, 0.05) is 5.02 Å². The van der Waals surface area contributed by atoms with Crippen molar-refractivity contribution in [2.24, 2.45) is 0 Å². The van der Waals surface area contributed by atoms with Crippen molar-refractivity contribution in [2.45, 2.75) is 0 Å². The molecule has 0 saturated carbocycles. The Hall–Kier alpha value is -2.08. The summed E-state index contributed by atoms with van der Waals surface area (Å²) in [6.45, 7) is 4.07. The fourth-order valence-corrected chi connectivity index (χ4v) is 3.67. The summed E-state index contributed by atoms with van der Waals surface area (Å²) in [4.78, 5) is 14.8. The molecule has 0 aromatic heterocycles. The second kappa shape index (κ2) is 7.87. The van der Waals surface area contributed by atoms with Crippen molar-refractivity contribution >= 4 is 57.6 Å². The summed E-state index contributed by atoms with van der Waals surface area (Å²) in [5.41, 5.74) is 1.62. The van der Waals surface area contributed by atoms with Crippen LogP contribution in [0.2, 0.25) is 5.02 Å². The Morgan fingerprint density at radius 2 is 1.84 bits per heavy atom. The molecule has 126 valence electrons. The molecule has 3 rings (SSSR count). The molecule has 1 saturated heterocycles. The van der Waals surface area contributed by atoms with Gasteiger partial charge in [-0.2, -0.15) is 0 Å². The highest BCUT2D eigenvalue weighted by atomic mass is 35.5. The van der Waals surface area contributed by atoms with E-state index in [9.17, 15) is 4.79 Å². The monoisotopic (exact) mass is 387 g/mol. The Labute approximate surface area is 160 Å². The van der Waals surface area contributed by atoms with Gasteiger partial charge >= 0.3 is 0 Å². The van der Waals surface area contributed by atoms with Crippen LogP contribution in [0.15, 0.2) is 66.1 Å². The molecule has 0 atom stereocenters. The normalized spacial score (nSPS) is 15.7. The molecule has 0 bridgehead atoms. The molecule has 0 spiro atoms. The molecule has 1 aliphatic heterocycles. The van der Waals surface area contributed by atoms with Crippen LogP contribution in [-0.4, -0.2) is 16.8 Å². The maximum absolute atomic E-state index is 12.7. The van der Waals surface area contributed by atoms with Gasteiger partial charge in [-0.05, 0) is 48.0 Å². The van der Waals surface area contributed by atoms with Gasteiger partial charge in [0.2, 0.25) is 0 Å². The van der Waals surface area contributed by atoms with Gasteiger partial charge in [0.25, 0.3) is 5.91 Å². The highest BCUT2D eigenvalue weighted by molar-refractivity contribution is 8.27. The van der Waals surface area contributed by atoms with E-state index in [1.165, 1.54) is 16.7 Å². The molecule has 0 aliphatic carbocycles. The fourth-order valence-electron chi connectivity index (χ4n) is 2.25. The molecule has 25 heavy (non-hydrogen) atoms. The molecule has 6 heteroatoms. The number of ether oxygens (including phenoxy) is 1. The quantitative estimate of drug-likeness (QED) is 0.395. The zero-order valence-electron chi connectivity index (χ0n) is 13.1. The van der Waals surface area contributed by atoms with Crippen LogP contribution in [0, 0.1) is 0 Å². The summed E-state index contributed by atoms with van der Waals surface area (Å²) in [5, 5.41) is 0.614. The molecule has 1 heterocycles. The van der Waals surface area contributed by atoms with Crippen LogP contribution < -0.4 is 9.64 Å². The van der Waals surface area contributed by atoms with Gasteiger partial charge < -0.3 is 4.74 Å². The zero-order chi connectivity index (χ0) is 17.8. The van der Waals surface area contributed by atoms with E-state index in [1.54, 1.807) is 30.3 Å². The second-order valence-electron chi connectivity index (χ2n) is 5.16. The van der Waals surface area contributed by atoms with Crippen molar-refractivity contribution < 1.29 is 9.53 Å². The third kappa shape index (κ3) is 4.12. The lowest BCUT2D eigenvalue weighted by atomic mass is 10.2. The Morgan fingerprint density at radius 1 is 1.16 bits per heavy atom. The van der Waals surface area contributed by atoms with E-state index in [0.717, 1.165) is 11.3 Å². The molecule has 0 N–H and O–H groups in total. The Bertz CT molecular complexity index is 845. The number of anilines is 1. The number of carbonyl (C=O) groups is 1. The average molecular weight is 388 g/mol. The molecule has 2 aromatic carbocycles. The van der Waals surface area contributed by atoms with Crippen molar-refractivity contribution in [2.75, 3.05) is 11.5 Å². The highest BCUT2D eigenvalue weighted by Crippen LogP contribution is 2.36. The van der Waals surface area contributed by atoms with Crippen LogP contribution in [0.5, 0.6) is 5.75 Å². The van der Waals surface area contributed by atoms with Crippen molar-refractivity contribution in [3.05, 3.63) is 76.7 Å². The number of hydrogen-bond donors (Lipinski definition) is 0. The average Bonchev–Trinajstić information content (AvgIpc) is 2.89. The van der Waals surface area contributed by atoms with Crippen LogP contribution in [-0.2, 0) is 4.79 Å². The first kappa shape index (κ1) is 17.7. The molecular formula is C19H14ClNO2S2. The fraction of sp³-hybridized carbons (Fsp3) is 0.0526. The lowest BCUT2D eigenvalue weighted by molar-refractivity contribution is -0.113. The van der Waals surface area contributed by atoms with Crippen LogP contribution in [0.3, 0.4) is 0 Å². The predicted octanol–water partition coefficient (Wildman–Crippen LogP) is 5.31. The lowest BCUT2D eigenvalue weighted by Crippen LogP contribution is -2.27. The smallest absolute Gasteiger partial charge is 0.270 e. The van der Waals surface area contributed by atoms with Crippen molar-refractivity contribution in [1.29, 1.82) is 0 Å². The van der Waals surface area contributed by atoms with Gasteiger partial charge in [-0.15, -0.1) is 0 Å². The molecule has 1 aliphatic rings. The molecule has 1 fully saturated rings. The first-order chi connectivity index (χ1) is 12.1. The number of thiocarbonyl (C=S) groups is 1. The Balaban J connectivity index is 1.80. The molecule has 2 aromatic rings. The maximum atomic E-state index is 12.7. The molecular weight excluding hydrogens is 374 g/mol. The summed E-state index contributed by atoms with van der Waals surface area (Å²) in [7, 11) is 0. The number of hydrogen-bond acceptors (Lipinski definition) is 4. The molecule has 0 unspecified atom stereocenters. The van der Waals surface area contributed by atoms with Crippen LogP contribution in [0.1, 0.15) is 5.56 Å². The summed E-state index contributed by atoms with van der Waals surface area (Å²) in [5.74, 6) is 0.620. The first-order valence-electron chi connectivity index (χ1n) is 7.46. The largest absolute Gasteiger partial charge is 0.490 e. The lowest BCUT2D eigenvalue weighted by Gasteiger charge is -2.14. The topological polar surface area (TPSA) is 29.5 Å². The summed E-state index contributed by atoms with van der Waals surface area (Å²) < 4.78 is 5.96. The van der Waals surface area contributed by atoms with Gasteiger partial charge in [-0.1, -0.05) is 60.4 Å². The number of thioether (sulfide) groups is 1. The minimum atomic E-state index is -0.135. The maximum Gasteiger partial charge on any atom is 0.270 e. The minimum Gasteiger partial charge on any atom is -0.490 e.